The van der Waals surface area contributed by atoms with E-state index >= 15 is 0 Å². The molecule has 4 aromatic carbocycles. The number of pyridine rings is 1. The maximum atomic E-state index is 13.5. The number of aromatic nitrogens is 1. The number of benzene rings is 4. The number of hydrogen-bond donors (Lipinski definition) is 2. The van der Waals surface area contributed by atoms with Crippen LogP contribution < -0.4 is 29.7 Å². The molecule has 0 saturated carbocycles. The fraction of sp³-hybridized carbons (Fsp3) is 0.297. The lowest BCUT2D eigenvalue weighted by Gasteiger charge is -2.29. The standard InChI is InChI=1S/C37H39N3O6/c1-43-30-12-6-10-27-36(30)39-29-11-5-9-25(35(29)37(27)42)21-34(41)38-28-14-13-23(18-31(28)44-2)8-7-16-40-17-15-24-19-32(45-3)33(46-4)20-26(24)22-40/h5-6,9-14,18-20H,7-8,15-17,21-22H2,1-4H3,(H,38,41)(H,39,42). The maximum Gasteiger partial charge on any atom is 0.228 e. The van der Waals surface area contributed by atoms with Gasteiger partial charge in [-0.25, -0.2) is 0 Å². The average Bonchev–Trinajstić information content (AvgIpc) is 3.08. The van der Waals surface area contributed by atoms with Crippen molar-refractivity contribution in [3.8, 4) is 23.0 Å². The number of carbonyl (C=O) groups is 1. The monoisotopic (exact) mass is 621 g/mol. The van der Waals surface area contributed by atoms with Gasteiger partial charge in [0.2, 0.25) is 5.91 Å². The number of nitrogens with zero attached hydrogens (tertiary/aromatic N) is 1. The molecule has 9 nitrogen and oxygen atoms in total. The molecule has 46 heavy (non-hydrogen) atoms. The normalized spacial score (nSPS) is 13.0. The van der Waals surface area contributed by atoms with Gasteiger partial charge in [-0.05, 0) is 90.5 Å². The first-order valence-corrected chi connectivity index (χ1v) is 15.5. The third kappa shape index (κ3) is 6.23. The van der Waals surface area contributed by atoms with Crippen molar-refractivity contribution in [3.63, 3.8) is 0 Å². The molecule has 0 spiro atoms. The molecular weight excluding hydrogens is 582 g/mol. The molecule has 1 amide bonds. The zero-order chi connectivity index (χ0) is 32.2. The molecule has 1 aromatic heterocycles. The molecule has 1 aliphatic rings. The van der Waals surface area contributed by atoms with Gasteiger partial charge in [0.1, 0.15) is 11.5 Å². The van der Waals surface area contributed by atoms with Crippen LogP contribution in [0.5, 0.6) is 23.0 Å². The van der Waals surface area contributed by atoms with E-state index in [4.69, 9.17) is 18.9 Å². The molecule has 1 aliphatic heterocycles. The number of methoxy groups -OCH3 is 4. The third-order valence-corrected chi connectivity index (χ3v) is 8.76. The number of fused-ring (bicyclic) bond motifs is 3. The molecule has 2 N–H and O–H groups in total. The maximum absolute atomic E-state index is 13.5. The van der Waals surface area contributed by atoms with Crippen LogP contribution in [0.2, 0.25) is 0 Å². The fourth-order valence-corrected chi connectivity index (χ4v) is 6.41. The van der Waals surface area contributed by atoms with E-state index in [1.807, 2.05) is 42.5 Å². The molecular formula is C37H39N3O6. The number of H-pyrrole nitrogens is 1. The smallest absolute Gasteiger partial charge is 0.228 e. The minimum atomic E-state index is -0.233. The summed E-state index contributed by atoms with van der Waals surface area (Å²) in [6.45, 7) is 2.86. The van der Waals surface area contributed by atoms with Crippen molar-refractivity contribution >= 4 is 33.4 Å². The molecule has 238 valence electrons. The lowest BCUT2D eigenvalue weighted by Crippen LogP contribution is -2.31. The van der Waals surface area contributed by atoms with Crippen molar-refractivity contribution in [3.05, 3.63) is 99.2 Å². The number of nitrogens with one attached hydrogen (secondary N) is 2. The van der Waals surface area contributed by atoms with E-state index in [1.54, 1.807) is 40.6 Å². The second-order valence-corrected chi connectivity index (χ2v) is 11.5. The molecule has 0 saturated heterocycles. The Morgan fingerprint density at radius 2 is 1.59 bits per heavy atom. The van der Waals surface area contributed by atoms with Gasteiger partial charge in [0.25, 0.3) is 0 Å². The van der Waals surface area contributed by atoms with E-state index in [0.717, 1.165) is 56.0 Å². The number of amides is 1. The summed E-state index contributed by atoms with van der Waals surface area (Å²) in [6.07, 6.45) is 2.90. The topological polar surface area (TPSA) is 102 Å². The summed E-state index contributed by atoms with van der Waals surface area (Å²) >= 11 is 0. The Hall–Kier alpha value is -5.02. The fourth-order valence-electron chi connectivity index (χ4n) is 6.41. The van der Waals surface area contributed by atoms with Gasteiger partial charge in [-0.15, -0.1) is 0 Å². The van der Waals surface area contributed by atoms with Crippen LogP contribution in [0.25, 0.3) is 21.8 Å². The number of aromatic amines is 1. The molecule has 0 bridgehead atoms. The largest absolute Gasteiger partial charge is 0.495 e. The molecule has 0 atom stereocenters. The lowest BCUT2D eigenvalue weighted by atomic mass is 9.98. The summed E-state index contributed by atoms with van der Waals surface area (Å²) in [6, 6.07) is 21.0. The highest BCUT2D eigenvalue weighted by Gasteiger charge is 2.20. The molecule has 0 radical (unpaired) electrons. The SMILES string of the molecule is COc1cc(CCCN2CCc3cc(OC)c(OC)cc3C2)ccc1NC(=O)Cc1cccc2[nH]c3c(OC)cccc3c(=O)c12. The number of para-hydroxylation sites is 1. The van der Waals surface area contributed by atoms with Gasteiger partial charge in [0, 0.05) is 23.9 Å². The summed E-state index contributed by atoms with van der Waals surface area (Å²) in [5, 5.41) is 4.00. The summed E-state index contributed by atoms with van der Waals surface area (Å²) in [7, 11) is 6.52. The van der Waals surface area contributed by atoms with Gasteiger partial charge >= 0.3 is 0 Å². The van der Waals surface area contributed by atoms with Crippen LogP contribution in [0, 0.1) is 0 Å². The molecule has 9 heteroatoms. The summed E-state index contributed by atoms with van der Waals surface area (Å²) in [4.78, 5) is 32.5. The number of ether oxygens (including phenoxy) is 4. The number of aryl methyl sites for hydroxylation is 1. The van der Waals surface area contributed by atoms with Gasteiger partial charge in [-0.1, -0.05) is 24.3 Å². The first kappa shape index (κ1) is 31.0. The molecule has 0 unspecified atom stereocenters. The molecule has 0 fully saturated rings. The quantitative estimate of drug-likeness (QED) is 0.178. The van der Waals surface area contributed by atoms with Crippen LogP contribution in [0.3, 0.4) is 0 Å². The van der Waals surface area contributed by atoms with E-state index in [-0.39, 0.29) is 17.8 Å². The highest BCUT2D eigenvalue weighted by atomic mass is 16.5. The van der Waals surface area contributed by atoms with E-state index < -0.39 is 0 Å². The van der Waals surface area contributed by atoms with Crippen molar-refractivity contribution in [2.24, 2.45) is 0 Å². The Morgan fingerprint density at radius 3 is 2.35 bits per heavy atom. The predicted molar refractivity (Wildman–Crippen MR) is 181 cm³/mol. The molecule has 0 aliphatic carbocycles. The number of anilines is 1. The van der Waals surface area contributed by atoms with Gasteiger partial charge in [0.05, 0.1) is 51.6 Å². The van der Waals surface area contributed by atoms with Gasteiger partial charge in [-0.2, -0.15) is 0 Å². The Balaban J connectivity index is 1.10. The lowest BCUT2D eigenvalue weighted by molar-refractivity contribution is -0.115. The highest BCUT2D eigenvalue weighted by molar-refractivity contribution is 6.00. The molecule has 6 rings (SSSR count). The van der Waals surface area contributed by atoms with Crippen molar-refractivity contribution in [2.75, 3.05) is 46.8 Å². The zero-order valence-corrected chi connectivity index (χ0v) is 26.7. The number of rotatable bonds is 11. The second kappa shape index (κ2) is 13.5. The molecule has 5 aromatic rings. The predicted octanol–water partition coefficient (Wildman–Crippen LogP) is 5.89. The number of carbonyl (C=O) groups excluding carboxylic acids is 1. The van der Waals surface area contributed by atoms with Crippen LogP contribution in [-0.4, -0.2) is 57.3 Å². The van der Waals surface area contributed by atoms with Crippen molar-refractivity contribution < 1.29 is 23.7 Å². The van der Waals surface area contributed by atoms with E-state index in [9.17, 15) is 9.59 Å². The Labute approximate surface area is 268 Å². The van der Waals surface area contributed by atoms with Crippen molar-refractivity contribution in [1.29, 1.82) is 0 Å². The van der Waals surface area contributed by atoms with Crippen LogP contribution in [-0.2, 0) is 30.6 Å². The van der Waals surface area contributed by atoms with E-state index in [0.29, 0.717) is 44.6 Å². The first-order chi connectivity index (χ1) is 22.4. The Kier molecular flexibility index (Phi) is 9.12. The summed E-state index contributed by atoms with van der Waals surface area (Å²) in [5.74, 6) is 2.51. The van der Waals surface area contributed by atoms with Crippen LogP contribution in [0.4, 0.5) is 5.69 Å². The van der Waals surface area contributed by atoms with E-state index in [1.165, 1.54) is 11.1 Å². The Morgan fingerprint density at radius 1 is 0.848 bits per heavy atom. The van der Waals surface area contributed by atoms with Gasteiger partial charge in [0.15, 0.2) is 16.9 Å². The van der Waals surface area contributed by atoms with E-state index in [2.05, 4.69) is 27.3 Å². The molecule has 2 heterocycles. The highest BCUT2D eigenvalue weighted by Crippen LogP contribution is 2.33. The summed E-state index contributed by atoms with van der Waals surface area (Å²) in [5.41, 5.74) is 6.14. The van der Waals surface area contributed by atoms with Crippen LogP contribution in [0.1, 0.15) is 28.7 Å². The zero-order valence-electron chi connectivity index (χ0n) is 26.7. The van der Waals surface area contributed by atoms with Crippen LogP contribution in [0.15, 0.2) is 71.5 Å². The first-order valence-electron chi connectivity index (χ1n) is 15.5. The van der Waals surface area contributed by atoms with Crippen LogP contribution >= 0.6 is 0 Å². The number of hydrogen-bond acceptors (Lipinski definition) is 7. The summed E-state index contributed by atoms with van der Waals surface area (Å²) < 4.78 is 22.1. The average molecular weight is 622 g/mol. The third-order valence-electron chi connectivity index (χ3n) is 8.76. The van der Waals surface area contributed by atoms with Crippen molar-refractivity contribution in [1.82, 2.24) is 9.88 Å². The minimum Gasteiger partial charge on any atom is -0.495 e. The Bertz CT molecular complexity index is 1970. The van der Waals surface area contributed by atoms with Crippen molar-refractivity contribution in [2.45, 2.75) is 32.2 Å². The van der Waals surface area contributed by atoms with Gasteiger partial charge in [-0.3, -0.25) is 14.5 Å². The second-order valence-electron chi connectivity index (χ2n) is 11.5. The van der Waals surface area contributed by atoms with Gasteiger partial charge < -0.3 is 29.2 Å². The minimum absolute atomic E-state index is 0.0401.